The topological polar surface area (TPSA) is 102 Å². The third-order valence-electron chi connectivity index (χ3n) is 5.91. The molecule has 37 heavy (non-hydrogen) atoms. The first kappa shape index (κ1) is 24.3. The van der Waals surface area contributed by atoms with Crippen molar-refractivity contribution in [2.24, 2.45) is 0 Å². The minimum Gasteiger partial charge on any atom is -0.505 e. The number of hydrogen-bond acceptors (Lipinski definition) is 6. The van der Waals surface area contributed by atoms with Crippen molar-refractivity contribution in [2.75, 3.05) is 0 Å². The highest BCUT2D eigenvalue weighted by Gasteiger charge is 2.12. The lowest BCUT2D eigenvalue weighted by Crippen LogP contribution is -2.00. The number of phenolic OH excluding ortho intramolecular Hbond substituents is 2. The highest BCUT2D eigenvalue weighted by molar-refractivity contribution is 6.31. The summed E-state index contributed by atoms with van der Waals surface area (Å²) in [6.07, 6.45) is 0. The first-order valence-corrected chi connectivity index (χ1v) is 12.0. The third kappa shape index (κ3) is 4.83. The number of benzene rings is 4. The third-order valence-corrected chi connectivity index (χ3v) is 6.14. The van der Waals surface area contributed by atoms with Gasteiger partial charge in [0.25, 0.3) is 0 Å². The lowest BCUT2D eigenvalue weighted by atomic mass is 10.1. The smallest absolute Gasteiger partial charge is 0.146 e. The highest BCUT2D eigenvalue weighted by Crippen LogP contribution is 2.28. The Morgan fingerprint density at radius 3 is 1.49 bits per heavy atom. The number of hydrogen-bond donors (Lipinski definition) is 2. The predicted molar refractivity (Wildman–Crippen MR) is 145 cm³/mol. The van der Waals surface area contributed by atoms with Crippen LogP contribution in [0.1, 0.15) is 22.3 Å². The molecule has 9 heteroatoms. The quantitative estimate of drug-likeness (QED) is 0.289. The van der Waals surface area contributed by atoms with Crippen molar-refractivity contribution in [3.8, 4) is 22.9 Å². The number of aromatic hydroxyl groups is 2. The molecule has 0 saturated heterocycles. The van der Waals surface area contributed by atoms with E-state index in [2.05, 4.69) is 20.4 Å². The molecule has 0 amide bonds. The summed E-state index contributed by atoms with van der Waals surface area (Å²) in [5.74, 6) is 0.415. The van der Waals surface area contributed by atoms with Gasteiger partial charge in [0.05, 0.1) is 0 Å². The molecule has 0 aliphatic carbocycles. The van der Waals surface area contributed by atoms with Gasteiger partial charge in [-0.25, -0.2) is 0 Å². The maximum atomic E-state index is 10.1. The van der Waals surface area contributed by atoms with Gasteiger partial charge in [-0.2, -0.15) is 0 Å². The fraction of sp³-hybridized carbons (Fsp3) is 0.143. The first-order valence-electron chi connectivity index (χ1n) is 11.7. The lowest BCUT2D eigenvalue weighted by Gasteiger charge is -2.07. The molecule has 6 rings (SSSR count). The van der Waals surface area contributed by atoms with Gasteiger partial charge < -0.3 is 10.2 Å². The molecule has 2 heterocycles. The van der Waals surface area contributed by atoms with Crippen LogP contribution in [0, 0.1) is 27.7 Å². The number of halogens is 1. The molecule has 186 valence electrons. The van der Waals surface area contributed by atoms with Gasteiger partial charge in [-0.15, -0.1) is 30.0 Å². The van der Waals surface area contributed by atoms with Gasteiger partial charge >= 0.3 is 0 Å². The molecule has 0 radical (unpaired) electrons. The molecule has 4 aromatic carbocycles. The fourth-order valence-electron chi connectivity index (χ4n) is 4.14. The van der Waals surface area contributed by atoms with Crippen LogP contribution >= 0.6 is 11.6 Å². The second-order valence-electron chi connectivity index (χ2n) is 9.00. The van der Waals surface area contributed by atoms with Gasteiger partial charge in [0, 0.05) is 5.02 Å². The maximum Gasteiger partial charge on any atom is 0.146 e. The lowest BCUT2D eigenvalue weighted by molar-refractivity contribution is 0.463. The van der Waals surface area contributed by atoms with E-state index in [0.29, 0.717) is 21.9 Å². The van der Waals surface area contributed by atoms with Crippen molar-refractivity contribution in [1.82, 2.24) is 30.0 Å². The molecular weight excluding hydrogens is 488 g/mol. The summed E-state index contributed by atoms with van der Waals surface area (Å²) in [7, 11) is 0. The van der Waals surface area contributed by atoms with Crippen molar-refractivity contribution in [3.05, 3.63) is 94.0 Å². The molecule has 0 unspecified atom stereocenters. The van der Waals surface area contributed by atoms with Gasteiger partial charge in [-0.1, -0.05) is 35.9 Å². The van der Waals surface area contributed by atoms with E-state index >= 15 is 0 Å². The normalized spacial score (nSPS) is 11.1. The summed E-state index contributed by atoms with van der Waals surface area (Å²) in [6.45, 7) is 7.68. The van der Waals surface area contributed by atoms with Crippen LogP contribution in [0.3, 0.4) is 0 Å². The van der Waals surface area contributed by atoms with E-state index in [1.807, 2.05) is 76.2 Å². The Bertz CT molecular complexity index is 1740. The number of fused-ring (bicyclic) bond motifs is 2. The number of phenols is 2. The molecule has 0 aliphatic heterocycles. The average molecular weight is 513 g/mol. The molecule has 8 nitrogen and oxygen atoms in total. The molecule has 2 N–H and O–H groups in total. The number of aromatic nitrogens is 6. The van der Waals surface area contributed by atoms with Crippen molar-refractivity contribution < 1.29 is 10.2 Å². The largest absolute Gasteiger partial charge is 0.505 e. The number of rotatable bonds is 2. The van der Waals surface area contributed by atoms with Gasteiger partial charge in [0.15, 0.2) is 0 Å². The molecule has 2 aromatic heterocycles. The number of nitrogens with zero attached hydrogens (tertiary/aromatic N) is 6. The fourth-order valence-corrected chi connectivity index (χ4v) is 4.31. The Morgan fingerprint density at radius 2 is 1.00 bits per heavy atom. The molecule has 6 aromatic rings. The van der Waals surface area contributed by atoms with E-state index in [-0.39, 0.29) is 11.5 Å². The van der Waals surface area contributed by atoms with Gasteiger partial charge in [0.1, 0.15) is 44.9 Å². The highest BCUT2D eigenvalue weighted by atomic mass is 35.5. The second kappa shape index (κ2) is 9.55. The Balaban J connectivity index is 0.000000152. The standard InChI is InChI=1S/C14H12ClN3O.C14H13N3O/c1-8-5-9(2)14(19)13(6-8)18-16-11-4-3-10(15)7-12(11)17-18;1-9-7-10(2)14(18)13(8-9)17-15-11-5-3-4-6-12(11)16-17/h3-7,19H,1-2H3;3-8,18H,1-2H3. The molecule has 0 saturated carbocycles. The summed E-state index contributed by atoms with van der Waals surface area (Å²) >= 11 is 5.93. The van der Waals surface area contributed by atoms with E-state index in [4.69, 9.17) is 11.6 Å². The van der Waals surface area contributed by atoms with Crippen LogP contribution < -0.4 is 0 Å². The average Bonchev–Trinajstić information content (AvgIpc) is 3.48. The van der Waals surface area contributed by atoms with Crippen molar-refractivity contribution in [3.63, 3.8) is 0 Å². The second-order valence-corrected chi connectivity index (χ2v) is 9.44. The summed E-state index contributed by atoms with van der Waals surface area (Å²) in [4.78, 5) is 2.93. The molecule has 0 spiro atoms. The van der Waals surface area contributed by atoms with Crippen LogP contribution in [0.5, 0.6) is 11.5 Å². The first-order chi connectivity index (χ1) is 17.7. The minimum atomic E-state index is 0.192. The van der Waals surface area contributed by atoms with E-state index in [1.165, 1.54) is 9.59 Å². The van der Waals surface area contributed by atoms with Crippen LogP contribution in [0.2, 0.25) is 5.02 Å². The van der Waals surface area contributed by atoms with Crippen LogP contribution in [0.4, 0.5) is 0 Å². The van der Waals surface area contributed by atoms with Crippen LogP contribution in [-0.2, 0) is 0 Å². The zero-order valence-corrected chi connectivity index (χ0v) is 21.6. The van der Waals surface area contributed by atoms with Crippen molar-refractivity contribution >= 4 is 33.7 Å². The zero-order valence-electron chi connectivity index (χ0n) is 20.8. The molecule has 0 bridgehead atoms. The van der Waals surface area contributed by atoms with E-state index in [1.54, 1.807) is 18.2 Å². The van der Waals surface area contributed by atoms with E-state index < -0.39 is 0 Å². The van der Waals surface area contributed by atoms with Gasteiger partial charge in [0.2, 0.25) is 0 Å². The summed E-state index contributed by atoms with van der Waals surface area (Å²) in [5, 5.41) is 38.3. The predicted octanol–water partition coefficient (Wildman–Crippen LogP) is 6.14. The Kier molecular flexibility index (Phi) is 6.27. The van der Waals surface area contributed by atoms with E-state index in [0.717, 1.165) is 38.8 Å². The maximum absolute atomic E-state index is 10.1. The zero-order chi connectivity index (χ0) is 26.3. The molecular formula is C28H25ClN6O2. The Hall–Kier alpha value is -4.43. The summed E-state index contributed by atoms with van der Waals surface area (Å²) in [6, 6.07) is 20.5. The molecule has 0 atom stereocenters. The van der Waals surface area contributed by atoms with Crippen molar-refractivity contribution in [2.45, 2.75) is 27.7 Å². The monoisotopic (exact) mass is 512 g/mol. The summed E-state index contributed by atoms with van der Waals surface area (Å²) < 4.78 is 0. The number of aryl methyl sites for hydroxylation is 4. The summed E-state index contributed by atoms with van der Waals surface area (Å²) in [5.41, 5.74) is 8.00. The van der Waals surface area contributed by atoms with Crippen LogP contribution in [-0.4, -0.2) is 40.2 Å². The van der Waals surface area contributed by atoms with Gasteiger partial charge in [-0.3, -0.25) is 0 Å². The Morgan fingerprint density at radius 1 is 0.568 bits per heavy atom. The van der Waals surface area contributed by atoms with Gasteiger partial charge in [-0.05, 0) is 92.4 Å². The van der Waals surface area contributed by atoms with Crippen molar-refractivity contribution in [1.29, 1.82) is 0 Å². The van der Waals surface area contributed by atoms with Crippen LogP contribution in [0.25, 0.3) is 33.4 Å². The molecule has 0 fully saturated rings. The van der Waals surface area contributed by atoms with E-state index in [9.17, 15) is 10.2 Å². The minimum absolute atomic E-state index is 0.192. The van der Waals surface area contributed by atoms with Crippen LogP contribution in [0.15, 0.2) is 66.7 Å². The molecule has 0 aliphatic rings. The Labute approximate surface area is 218 Å². The SMILES string of the molecule is Cc1cc(C)c(O)c(-n2nc3ccc(Cl)cc3n2)c1.Cc1cc(C)c(O)c(-n2nc3ccccc3n2)c1.